The zero-order valence-electron chi connectivity index (χ0n) is 10.8. The highest BCUT2D eigenvalue weighted by Gasteiger charge is 2.51. The van der Waals surface area contributed by atoms with Crippen LogP contribution in [0.3, 0.4) is 0 Å². The predicted octanol–water partition coefficient (Wildman–Crippen LogP) is 3.47. The van der Waals surface area contributed by atoms with E-state index >= 15 is 0 Å². The van der Waals surface area contributed by atoms with E-state index in [0.717, 1.165) is 23.7 Å². The zero-order valence-corrected chi connectivity index (χ0v) is 10.8. The molecule has 3 aliphatic carbocycles. The molecule has 0 saturated heterocycles. The molecular weight excluding hydrogens is 196 g/mol. The molecule has 1 N–H and O–H groups in total. The van der Waals surface area contributed by atoms with Crippen molar-refractivity contribution >= 4 is 0 Å². The lowest BCUT2D eigenvalue weighted by atomic mass is 9.70. The molecule has 0 heterocycles. The van der Waals surface area contributed by atoms with Crippen LogP contribution in [0.15, 0.2) is 0 Å². The van der Waals surface area contributed by atoms with Crippen molar-refractivity contribution in [1.82, 2.24) is 0 Å². The minimum Gasteiger partial charge on any atom is -0.396 e. The van der Waals surface area contributed by atoms with Crippen LogP contribution in [0, 0.1) is 35.0 Å². The number of hydrogen-bond donors (Lipinski definition) is 1. The molecule has 5 unspecified atom stereocenters. The van der Waals surface area contributed by atoms with Gasteiger partial charge in [0.1, 0.15) is 0 Å². The fourth-order valence-corrected chi connectivity index (χ4v) is 5.32. The van der Waals surface area contributed by atoms with Gasteiger partial charge in [0.05, 0.1) is 0 Å². The first kappa shape index (κ1) is 11.1. The van der Waals surface area contributed by atoms with E-state index in [9.17, 15) is 5.11 Å². The first-order chi connectivity index (χ1) is 7.59. The molecule has 0 radical (unpaired) electrons. The maximum atomic E-state index is 9.35. The molecule has 1 nitrogen and oxygen atoms in total. The van der Waals surface area contributed by atoms with Crippen molar-refractivity contribution < 1.29 is 5.11 Å². The fraction of sp³-hybridized carbons (Fsp3) is 1.00. The summed E-state index contributed by atoms with van der Waals surface area (Å²) in [6, 6.07) is 0. The molecule has 3 rings (SSSR count). The minimum atomic E-state index is 0.435. The summed E-state index contributed by atoms with van der Waals surface area (Å²) in [5, 5.41) is 9.35. The Balaban J connectivity index is 1.78. The molecule has 5 atom stereocenters. The van der Waals surface area contributed by atoms with Crippen molar-refractivity contribution in [3.63, 3.8) is 0 Å². The second-order valence-corrected chi connectivity index (χ2v) is 7.52. The number of aliphatic hydroxyl groups excluding tert-OH is 1. The van der Waals surface area contributed by atoms with Crippen molar-refractivity contribution in [1.29, 1.82) is 0 Å². The summed E-state index contributed by atoms with van der Waals surface area (Å²) in [4.78, 5) is 0. The molecule has 3 fully saturated rings. The van der Waals surface area contributed by atoms with Gasteiger partial charge in [-0.15, -0.1) is 0 Å². The summed E-state index contributed by atoms with van der Waals surface area (Å²) in [5.74, 6) is 4.64. The standard InChI is InChI=1S/C15H26O/c1-15(2)7-11-6-12(8-15)14-5-10(9-16)3-4-13(11)14/h10-14,16H,3-9H2,1-2H3. The van der Waals surface area contributed by atoms with Gasteiger partial charge in [-0.2, -0.15) is 0 Å². The molecule has 0 aromatic heterocycles. The lowest BCUT2D eigenvalue weighted by Gasteiger charge is -2.35. The van der Waals surface area contributed by atoms with Crippen LogP contribution in [0.4, 0.5) is 0 Å². The van der Waals surface area contributed by atoms with Crippen LogP contribution in [-0.4, -0.2) is 11.7 Å². The fourth-order valence-electron chi connectivity index (χ4n) is 5.32. The van der Waals surface area contributed by atoms with Gasteiger partial charge < -0.3 is 5.11 Å². The average Bonchev–Trinajstić information content (AvgIpc) is 2.50. The Labute approximate surface area is 99.6 Å². The monoisotopic (exact) mass is 222 g/mol. The summed E-state index contributed by atoms with van der Waals surface area (Å²) < 4.78 is 0. The number of hydrogen-bond acceptors (Lipinski definition) is 1. The third-order valence-electron chi connectivity index (χ3n) is 5.77. The first-order valence-electron chi connectivity index (χ1n) is 7.20. The Morgan fingerprint density at radius 3 is 2.38 bits per heavy atom. The second kappa shape index (κ2) is 3.73. The van der Waals surface area contributed by atoms with E-state index in [4.69, 9.17) is 0 Å². The number of aliphatic hydroxyl groups is 1. The Morgan fingerprint density at radius 1 is 1.00 bits per heavy atom. The van der Waals surface area contributed by atoms with E-state index in [2.05, 4.69) is 13.8 Å². The lowest BCUT2D eigenvalue weighted by molar-refractivity contribution is 0.111. The summed E-state index contributed by atoms with van der Waals surface area (Å²) in [7, 11) is 0. The summed E-state index contributed by atoms with van der Waals surface area (Å²) >= 11 is 0. The molecule has 0 spiro atoms. The van der Waals surface area contributed by atoms with Gasteiger partial charge in [-0.25, -0.2) is 0 Å². The van der Waals surface area contributed by atoms with Crippen LogP contribution in [0.2, 0.25) is 0 Å². The average molecular weight is 222 g/mol. The van der Waals surface area contributed by atoms with Crippen LogP contribution in [0.25, 0.3) is 0 Å². The van der Waals surface area contributed by atoms with Crippen LogP contribution in [0.5, 0.6) is 0 Å². The maximum absolute atomic E-state index is 9.35. The third kappa shape index (κ3) is 1.72. The van der Waals surface area contributed by atoms with E-state index in [1.807, 2.05) is 0 Å². The van der Waals surface area contributed by atoms with Gasteiger partial charge in [0.25, 0.3) is 0 Å². The molecule has 0 amide bonds. The van der Waals surface area contributed by atoms with Gasteiger partial charge in [0.2, 0.25) is 0 Å². The van der Waals surface area contributed by atoms with E-state index in [0.29, 0.717) is 17.9 Å². The molecular formula is C15H26O. The Hall–Kier alpha value is -0.0400. The van der Waals surface area contributed by atoms with E-state index in [-0.39, 0.29) is 0 Å². The molecule has 3 aliphatic rings. The highest BCUT2D eigenvalue weighted by molar-refractivity contribution is 5.01. The Morgan fingerprint density at radius 2 is 1.69 bits per heavy atom. The highest BCUT2D eigenvalue weighted by Crippen LogP contribution is 2.60. The van der Waals surface area contributed by atoms with Crippen LogP contribution in [0.1, 0.15) is 52.4 Å². The van der Waals surface area contributed by atoms with E-state index < -0.39 is 0 Å². The van der Waals surface area contributed by atoms with Crippen molar-refractivity contribution in [2.24, 2.45) is 35.0 Å². The predicted molar refractivity (Wildman–Crippen MR) is 66.0 cm³/mol. The van der Waals surface area contributed by atoms with Crippen molar-refractivity contribution in [2.45, 2.75) is 52.4 Å². The van der Waals surface area contributed by atoms with Crippen molar-refractivity contribution in [3.8, 4) is 0 Å². The quantitative estimate of drug-likeness (QED) is 0.720. The van der Waals surface area contributed by atoms with Gasteiger partial charge >= 0.3 is 0 Å². The normalized spacial score (nSPS) is 50.1. The zero-order chi connectivity index (χ0) is 11.3. The topological polar surface area (TPSA) is 20.2 Å². The molecule has 2 bridgehead atoms. The molecule has 0 aromatic carbocycles. The molecule has 1 heteroatoms. The smallest absolute Gasteiger partial charge is 0.0459 e. The molecule has 92 valence electrons. The molecule has 0 aliphatic heterocycles. The Kier molecular flexibility index (Phi) is 2.58. The molecule has 16 heavy (non-hydrogen) atoms. The summed E-state index contributed by atoms with van der Waals surface area (Å²) in [6.07, 6.45) is 8.46. The van der Waals surface area contributed by atoms with Gasteiger partial charge in [0.15, 0.2) is 0 Å². The van der Waals surface area contributed by atoms with Gasteiger partial charge in [-0.3, -0.25) is 0 Å². The maximum Gasteiger partial charge on any atom is 0.0459 e. The van der Waals surface area contributed by atoms with E-state index in [1.54, 1.807) is 0 Å². The van der Waals surface area contributed by atoms with Crippen LogP contribution in [-0.2, 0) is 0 Å². The van der Waals surface area contributed by atoms with Gasteiger partial charge in [0, 0.05) is 6.61 Å². The lowest BCUT2D eigenvalue weighted by Crippen LogP contribution is -2.27. The SMILES string of the molecule is CC1(C)CC2CC(C1)C1CC(CO)CCC21. The minimum absolute atomic E-state index is 0.435. The van der Waals surface area contributed by atoms with Crippen molar-refractivity contribution in [3.05, 3.63) is 0 Å². The summed E-state index contributed by atoms with van der Waals surface area (Å²) in [5.41, 5.74) is 0.597. The van der Waals surface area contributed by atoms with Crippen LogP contribution < -0.4 is 0 Å². The van der Waals surface area contributed by atoms with Crippen molar-refractivity contribution in [2.75, 3.05) is 6.61 Å². The largest absolute Gasteiger partial charge is 0.396 e. The van der Waals surface area contributed by atoms with Gasteiger partial charge in [-0.1, -0.05) is 13.8 Å². The number of rotatable bonds is 1. The van der Waals surface area contributed by atoms with Crippen LogP contribution >= 0.6 is 0 Å². The molecule has 0 aromatic rings. The number of fused-ring (bicyclic) bond motifs is 5. The van der Waals surface area contributed by atoms with Gasteiger partial charge in [-0.05, 0) is 73.5 Å². The molecule has 3 saturated carbocycles. The third-order valence-corrected chi connectivity index (χ3v) is 5.77. The Bertz CT molecular complexity index is 271. The first-order valence-corrected chi connectivity index (χ1v) is 7.20. The summed E-state index contributed by atoms with van der Waals surface area (Å²) in [6.45, 7) is 5.37. The van der Waals surface area contributed by atoms with E-state index in [1.165, 1.54) is 38.5 Å². The second-order valence-electron chi connectivity index (χ2n) is 7.52. The highest BCUT2D eigenvalue weighted by atomic mass is 16.3.